The van der Waals surface area contributed by atoms with E-state index in [-0.39, 0.29) is 6.61 Å². The number of fused-ring (bicyclic) bond motifs is 1. The molecular weight excluding hydrogens is 297 g/mol. The van der Waals surface area contributed by atoms with Crippen molar-refractivity contribution in [2.45, 2.75) is 6.61 Å². The Balaban J connectivity index is 2.84. The number of rotatable bonds is 1. The van der Waals surface area contributed by atoms with Gasteiger partial charge in [-0.15, -0.1) is 11.3 Å². The highest BCUT2D eigenvalue weighted by Crippen LogP contribution is 2.36. The predicted molar refractivity (Wildman–Crippen MR) is 64.9 cm³/mol. The molecule has 0 saturated heterocycles. The fourth-order valence-corrected chi connectivity index (χ4v) is 3.22. The highest BCUT2D eigenvalue weighted by atomic mass is 127. The summed E-state index contributed by atoms with van der Waals surface area (Å²) in [5, 5.41) is 11.1. The fraction of sp³-hybridized carbons (Fsp3) is 0.111. The first kappa shape index (κ1) is 9.23. The number of nitrogens with two attached hydrogens (primary N) is 1. The maximum atomic E-state index is 9.10. The molecule has 2 aromatic rings. The molecule has 0 atom stereocenters. The van der Waals surface area contributed by atoms with Gasteiger partial charge in [0.25, 0.3) is 0 Å². The van der Waals surface area contributed by atoms with Crippen LogP contribution in [0.15, 0.2) is 18.2 Å². The Morgan fingerprint density at radius 3 is 2.92 bits per heavy atom. The first-order valence-corrected chi connectivity index (χ1v) is 5.69. The van der Waals surface area contributed by atoms with Crippen LogP contribution in [0.1, 0.15) is 5.56 Å². The van der Waals surface area contributed by atoms with Crippen LogP contribution in [0.4, 0.5) is 5.00 Å². The monoisotopic (exact) mass is 305 g/mol. The molecule has 2 nitrogen and oxygen atoms in total. The summed E-state index contributed by atoms with van der Waals surface area (Å²) in [7, 11) is 0. The minimum atomic E-state index is 0.0768. The van der Waals surface area contributed by atoms with Gasteiger partial charge in [-0.1, -0.05) is 18.2 Å². The van der Waals surface area contributed by atoms with Gasteiger partial charge < -0.3 is 10.8 Å². The van der Waals surface area contributed by atoms with Crippen molar-refractivity contribution >= 4 is 49.0 Å². The van der Waals surface area contributed by atoms with E-state index in [1.807, 2.05) is 18.2 Å². The third kappa shape index (κ3) is 1.43. The molecule has 0 aliphatic carbocycles. The molecule has 1 aromatic carbocycles. The molecule has 4 heteroatoms. The predicted octanol–water partition coefficient (Wildman–Crippen LogP) is 2.58. The summed E-state index contributed by atoms with van der Waals surface area (Å²) in [6, 6.07) is 5.90. The van der Waals surface area contributed by atoms with E-state index in [1.165, 1.54) is 0 Å². The van der Waals surface area contributed by atoms with Gasteiger partial charge in [0.1, 0.15) is 5.00 Å². The van der Waals surface area contributed by atoms with Crippen LogP contribution in [0, 0.1) is 3.57 Å². The second-order valence-electron chi connectivity index (χ2n) is 2.73. The van der Waals surface area contributed by atoms with Gasteiger partial charge in [0.15, 0.2) is 0 Å². The topological polar surface area (TPSA) is 46.2 Å². The van der Waals surface area contributed by atoms with Crippen molar-refractivity contribution in [1.29, 1.82) is 0 Å². The average Bonchev–Trinajstić information content (AvgIpc) is 2.43. The highest BCUT2D eigenvalue weighted by molar-refractivity contribution is 14.1. The maximum Gasteiger partial charge on any atom is 0.100 e. The molecule has 68 valence electrons. The largest absolute Gasteiger partial charge is 0.392 e. The van der Waals surface area contributed by atoms with Crippen LogP contribution in [0.2, 0.25) is 0 Å². The van der Waals surface area contributed by atoms with E-state index >= 15 is 0 Å². The van der Waals surface area contributed by atoms with E-state index in [1.54, 1.807) is 11.3 Å². The smallest absolute Gasteiger partial charge is 0.100 e. The summed E-state index contributed by atoms with van der Waals surface area (Å²) in [5.74, 6) is 0. The molecule has 1 heterocycles. The van der Waals surface area contributed by atoms with Gasteiger partial charge in [0.2, 0.25) is 0 Å². The third-order valence-corrected chi connectivity index (χ3v) is 4.57. The molecule has 0 radical (unpaired) electrons. The van der Waals surface area contributed by atoms with Crippen LogP contribution in [0.5, 0.6) is 0 Å². The van der Waals surface area contributed by atoms with E-state index in [0.29, 0.717) is 0 Å². The van der Waals surface area contributed by atoms with Crippen LogP contribution in [0.3, 0.4) is 0 Å². The van der Waals surface area contributed by atoms with Crippen LogP contribution >= 0.6 is 33.9 Å². The summed E-state index contributed by atoms with van der Waals surface area (Å²) in [4.78, 5) is 0. The highest BCUT2D eigenvalue weighted by Gasteiger charge is 2.09. The van der Waals surface area contributed by atoms with Crippen molar-refractivity contribution in [3.8, 4) is 0 Å². The second-order valence-corrected chi connectivity index (χ2v) is 4.86. The van der Waals surface area contributed by atoms with Crippen molar-refractivity contribution in [1.82, 2.24) is 0 Å². The van der Waals surface area contributed by atoms with Crippen molar-refractivity contribution in [3.63, 3.8) is 0 Å². The molecule has 0 amide bonds. The maximum absolute atomic E-state index is 9.10. The van der Waals surface area contributed by atoms with Crippen molar-refractivity contribution < 1.29 is 5.11 Å². The number of benzene rings is 1. The van der Waals surface area contributed by atoms with E-state index in [0.717, 1.165) is 24.2 Å². The third-order valence-electron chi connectivity index (χ3n) is 1.93. The normalized spacial score (nSPS) is 10.9. The number of halogens is 1. The first-order valence-electron chi connectivity index (χ1n) is 3.80. The van der Waals surface area contributed by atoms with Crippen LogP contribution in [0.25, 0.3) is 10.1 Å². The van der Waals surface area contributed by atoms with Gasteiger partial charge in [0.05, 0.1) is 10.2 Å². The van der Waals surface area contributed by atoms with Crippen molar-refractivity contribution in [2.24, 2.45) is 0 Å². The summed E-state index contributed by atoms with van der Waals surface area (Å²) in [5.41, 5.74) is 6.76. The molecule has 1 aromatic heterocycles. The van der Waals surface area contributed by atoms with E-state index in [4.69, 9.17) is 10.8 Å². The Morgan fingerprint density at radius 1 is 1.46 bits per heavy atom. The van der Waals surface area contributed by atoms with Gasteiger partial charge in [-0.25, -0.2) is 0 Å². The Bertz CT molecular complexity index is 452. The summed E-state index contributed by atoms with van der Waals surface area (Å²) >= 11 is 3.77. The number of hydrogen-bond donors (Lipinski definition) is 2. The zero-order valence-corrected chi connectivity index (χ0v) is 9.72. The molecule has 0 spiro atoms. The average molecular weight is 305 g/mol. The minimum absolute atomic E-state index is 0.0768. The number of aliphatic hydroxyl groups is 1. The van der Waals surface area contributed by atoms with Crippen LogP contribution in [-0.2, 0) is 6.61 Å². The van der Waals surface area contributed by atoms with Gasteiger partial charge >= 0.3 is 0 Å². The molecule has 2 rings (SSSR count). The number of aliphatic hydroxyl groups excluding tert-OH is 1. The molecule has 0 aliphatic heterocycles. The molecule has 0 aliphatic rings. The molecule has 0 unspecified atom stereocenters. The molecule has 0 fully saturated rings. The lowest BCUT2D eigenvalue weighted by atomic mass is 10.2. The lowest BCUT2D eigenvalue weighted by molar-refractivity contribution is 0.283. The molecule has 3 N–H and O–H groups in total. The Morgan fingerprint density at radius 2 is 2.23 bits per heavy atom. The number of nitrogen functional groups attached to an aromatic ring is 1. The minimum Gasteiger partial charge on any atom is -0.392 e. The summed E-state index contributed by atoms with van der Waals surface area (Å²) < 4.78 is 2.19. The molecule has 0 saturated carbocycles. The van der Waals surface area contributed by atoms with Gasteiger partial charge in [-0.2, -0.15) is 0 Å². The first-order chi connectivity index (χ1) is 6.24. The molecule has 13 heavy (non-hydrogen) atoms. The lowest BCUT2D eigenvalue weighted by Crippen LogP contribution is -1.82. The zero-order chi connectivity index (χ0) is 9.42. The SMILES string of the molecule is Nc1sc2c(CO)cccc2c1I. The lowest BCUT2D eigenvalue weighted by Gasteiger charge is -1.96. The van der Waals surface area contributed by atoms with E-state index in [2.05, 4.69) is 22.6 Å². The van der Waals surface area contributed by atoms with Crippen molar-refractivity contribution in [3.05, 3.63) is 27.3 Å². The second kappa shape index (κ2) is 3.43. The van der Waals surface area contributed by atoms with Crippen molar-refractivity contribution in [2.75, 3.05) is 5.73 Å². The molecule has 0 bridgehead atoms. The Kier molecular flexibility index (Phi) is 2.44. The summed E-state index contributed by atoms with van der Waals surface area (Å²) in [6.45, 7) is 0.0768. The zero-order valence-electron chi connectivity index (χ0n) is 6.75. The van der Waals surface area contributed by atoms with Gasteiger partial charge in [0, 0.05) is 10.1 Å². The van der Waals surface area contributed by atoms with Gasteiger partial charge in [-0.05, 0) is 28.2 Å². The standard InChI is InChI=1S/C9H8INOS/c10-7-6-3-1-2-5(4-12)8(6)13-9(7)11/h1-3,12H,4,11H2. The van der Waals surface area contributed by atoms with Gasteiger partial charge in [-0.3, -0.25) is 0 Å². The Labute approximate surface area is 93.5 Å². The van der Waals surface area contributed by atoms with E-state index in [9.17, 15) is 0 Å². The summed E-state index contributed by atoms with van der Waals surface area (Å²) in [6.07, 6.45) is 0. The van der Waals surface area contributed by atoms with Crippen LogP contribution in [-0.4, -0.2) is 5.11 Å². The number of hydrogen-bond acceptors (Lipinski definition) is 3. The number of anilines is 1. The quantitative estimate of drug-likeness (QED) is 0.796. The fourth-order valence-electron chi connectivity index (χ4n) is 1.29. The molecular formula is C9H8INOS. The van der Waals surface area contributed by atoms with Crippen LogP contribution < -0.4 is 5.73 Å². The Hall–Kier alpha value is -0.330. The van der Waals surface area contributed by atoms with E-state index < -0.39 is 0 Å². The number of thiophene rings is 1.